The van der Waals surface area contributed by atoms with Crippen LogP contribution < -0.4 is 4.74 Å². The van der Waals surface area contributed by atoms with E-state index in [1.54, 1.807) is 12.1 Å². The molecule has 0 saturated heterocycles. The molecule has 1 nitrogen and oxygen atoms in total. The largest absolute Gasteiger partial charge is 0.429 e. The lowest BCUT2D eigenvalue weighted by Crippen LogP contribution is -2.21. The van der Waals surface area contributed by atoms with Gasteiger partial charge in [0.15, 0.2) is 17.5 Å². The van der Waals surface area contributed by atoms with Crippen molar-refractivity contribution in [3.8, 4) is 39.1 Å². The smallest absolute Gasteiger partial charge is 0.426 e. The molecule has 0 amide bonds. The number of halogens is 8. The normalized spacial score (nSPS) is 11.6. The van der Waals surface area contributed by atoms with Gasteiger partial charge in [-0.25, -0.2) is 26.3 Å². The van der Waals surface area contributed by atoms with Gasteiger partial charge in [-0.1, -0.05) is 56.2 Å². The quantitative estimate of drug-likeness (QED) is 0.0852. The summed E-state index contributed by atoms with van der Waals surface area (Å²) in [5.41, 5.74) is -0.247. The standard InChI is InChI=1S/C36H26F8O/c1-2-3-4-5-21-6-11-26(12-7-21)36(43,44)45-27-13-8-22(9-14-27)23-10-15-28(29(37)16-23)24-17-30(38)34(31(39)18-24)25-19-32(40)35(42)33(41)20-25/h6-20H,2-5H2,1H3. The molecule has 0 aliphatic carbocycles. The minimum absolute atomic E-state index is 0.111. The summed E-state index contributed by atoms with van der Waals surface area (Å²) in [5, 5.41) is 0. The average Bonchev–Trinajstić information content (AvgIpc) is 3.00. The van der Waals surface area contributed by atoms with Gasteiger partial charge in [-0.05, 0) is 95.3 Å². The first-order valence-corrected chi connectivity index (χ1v) is 14.2. The topological polar surface area (TPSA) is 9.23 Å². The third kappa shape index (κ3) is 7.03. The summed E-state index contributed by atoms with van der Waals surface area (Å²) >= 11 is 0. The third-order valence-corrected chi connectivity index (χ3v) is 7.39. The number of unbranched alkanes of at least 4 members (excludes halogenated alkanes) is 2. The molecule has 5 rings (SSSR count). The number of rotatable bonds is 10. The Morgan fingerprint density at radius 3 is 1.69 bits per heavy atom. The van der Waals surface area contributed by atoms with Gasteiger partial charge in [0, 0.05) is 5.56 Å². The number of benzene rings is 5. The van der Waals surface area contributed by atoms with E-state index in [4.69, 9.17) is 4.74 Å². The molecule has 232 valence electrons. The van der Waals surface area contributed by atoms with E-state index in [0.29, 0.717) is 23.3 Å². The van der Waals surface area contributed by atoms with E-state index < -0.39 is 52.1 Å². The molecule has 0 atom stereocenters. The van der Waals surface area contributed by atoms with Crippen molar-refractivity contribution in [2.24, 2.45) is 0 Å². The van der Waals surface area contributed by atoms with Gasteiger partial charge in [-0.3, -0.25) is 0 Å². The molecule has 0 spiro atoms. The second kappa shape index (κ2) is 13.1. The maximum Gasteiger partial charge on any atom is 0.426 e. The second-order valence-electron chi connectivity index (χ2n) is 10.6. The van der Waals surface area contributed by atoms with E-state index in [0.717, 1.165) is 49.4 Å². The molecule has 5 aromatic rings. The molecule has 0 fully saturated rings. The number of alkyl halides is 2. The van der Waals surface area contributed by atoms with Gasteiger partial charge in [0.2, 0.25) is 0 Å². The van der Waals surface area contributed by atoms with Gasteiger partial charge in [-0.2, -0.15) is 8.78 Å². The van der Waals surface area contributed by atoms with Crippen LogP contribution in [0.2, 0.25) is 0 Å². The summed E-state index contributed by atoms with van der Waals surface area (Å²) in [6, 6.07) is 17.9. The van der Waals surface area contributed by atoms with Crippen LogP contribution in [0, 0.1) is 34.9 Å². The van der Waals surface area contributed by atoms with E-state index in [9.17, 15) is 30.7 Å². The highest BCUT2D eigenvalue weighted by molar-refractivity contribution is 5.75. The molecule has 0 N–H and O–H groups in total. The van der Waals surface area contributed by atoms with Crippen LogP contribution in [0.1, 0.15) is 37.3 Å². The van der Waals surface area contributed by atoms with E-state index >= 15 is 4.39 Å². The maximum absolute atomic E-state index is 15.2. The van der Waals surface area contributed by atoms with Crippen molar-refractivity contribution in [2.75, 3.05) is 0 Å². The summed E-state index contributed by atoms with van der Waals surface area (Å²) in [7, 11) is 0. The number of hydrogen-bond acceptors (Lipinski definition) is 1. The van der Waals surface area contributed by atoms with Crippen LogP contribution in [-0.2, 0) is 12.5 Å². The fraction of sp³-hybridized carbons (Fsp3) is 0.167. The van der Waals surface area contributed by atoms with Crippen molar-refractivity contribution in [1.82, 2.24) is 0 Å². The van der Waals surface area contributed by atoms with Gasteiger partial charge < -0.3 is 4.74 Å². The molecule has 0 saturated carbocycles. The molecule has 0 aromatic heterocycles. The molecule has 0 aliphatic heterocycles. The zero-order valence-electron chi connectivity index (χ0n) is 23.9. The van der Waals surface area contributed by atoms with Crippen LogP contribution in [0.3, 0.4) is 0 Å². The average molecular weight is 627 g/mol. The van der Waals surface area contributed by atoms with Crippen LogP contribution in [0.5, 0.6) is 5.75 Å². The monoisotopic (exact) mass is 626 g/mol. The predicted octanol–water partition coefficient (Wildman–Crippen LogP) is 11.4. The minimum Gasteiger partial charge on any atom is -0.429 e. The molecule has 5 aromatic carbocycles. The summed E-state index contributed by atoms with van der Waals surface area (Å²) in [6.45, 7) is 2.09. The van der Waals surface area contributed by atoms with Gasteiger partial charge in [0.05, 0.1) is 11.1 Å². The van der Waals surface area contributed by atoms with Gasteiger partial charge in [-0.15, -0.1) is 0 Å². The summed E-state index contributed by atoms with van der Waals surface area (Å²) in [4.78, 5) is 0. The molecular weight excluding hydrogens is 600 g/mol. The predicted molar refractivity (Wildman–Crippen MR) is 157 cm³/mol. The molecule has 0 aliphatic rings. The van der Waals surface area contributed by atoms with Crippen molar-refractivity contribution in [3.63, 3.8) is 0 Å². The highest BCUT2D eigenvalue weighted by atomic mass is 19.3. The molecule has 0 bridgehead atoms. The molecule has 45 heavy (non-hydrogen) atoms. The minimum atomic E-state index is -3.59. The van der Waals surface area contributed by atoms with Gasteiger partial charge in [0.25, 0.3) is 0 Å². The van der Waals surface area contributed by atoms with Crippen LogP contribution >= 0.6 is 0 Å². The second-order valence-corrected chi connectivity index (χ2v) is 10.6. The maximum atomic E-state index is 15.2. The van der Waals surface area contributed by atoms with Gasteiger partial charge in [0.1, 0.15) is 23.2 Å². The van der Waals surface area contributed by atoms with Crippen molar-refractivity contribution in [3.05, 3.63) is 137 Å². The van der Waals surface area contributed by atoms with Crippen LogP contribution in [0.15, 0.2) is 91.0 Å². The van der Waals surface area contributed by atoms with E-state index in [-0.39, 0.29) is 22.4 Å². The Kier molecular flexibility index (Phi) is 9.27. The summed E-state index contributed by atoms with van der Waals surface area (Å²) < 4.78 is 120. The Bertz CT molecular complexity index is 1770. The molecule has 0 heterocycles. The lowest BCUT2D eigenvalue weighted by atomic mass is 9.96. The highest BCUT2D eigenvalue weighted by Crippen LogP contribution is 2.36. The van der Waals surface area contributed by atoms with Crippen LogP contribution in [0.4, 0.5) is 35.1 Å². The first kappa shape index (κ1) is 31.8. The Labute approximate surface area is 254 Å². The summed E-state index contributed by atoms with van der Waals surface area (Å²) in [6.07, 6.45) is 0.339. The van der Waals surface area contributed by atoms with Crippen molar-refractivity contribution in [1.29, 1.82) is 0 Å². The molecule has 0 radical (unpaired) electrons. The molecule has 9 heteroatoms. The number of aryl methyl sites for hydroxylation is 1. The van der Waals surface area contributed by atoms with Crippen molar-refractivity contribution < 1.29 is 39.9 Å². The fourth-order valence-corrected chi connectivity index (χ4v) is 5.00. The van der Waals surface area contributed by atoms with Crippen molar-refractivity contribution in [2.45, 2.75) is 38.7 Å². The Morgan fingerprint density at radius 2 is 1.11 bits per heavy atom. The van der Waals surface area contributed by atoms with E-state index in [1.165, 1.54) is 48.5 Å². The van der Waals surface area contributed by atoms with Crippen LogP contribution in [-0.4, -0.2) is 0 Å². The fourth-order valence-electron chi connectivity index (χ4n) is 5.00. The van der Waals surface area contributed by atoms with E-state index in [2.05, 4.69) is 6.92 Å². The SMILES string of the molecule is CCCCCc1ccc(C(F)(F)Oc2ccc(-c3ccc(-c4cc(F)c(-c5cc(F)c(F)c(F)c5)c(F)c4)c(F)c3)cc2)cc1. The highest BCUT2D eigenvalue weighted by Gasteiger charge is 2.34. The zero-order valence-corrected chi connectivity index (χ0v) is 23.9. The zero-order chi connectivity index (χ0) is 32.3. The lowest BCUT2D eigenvalue weighted by Gasteiger charge is -2.19. The first-order valence-electron chi connectivity index (χ1n) is 14.2. The molecule has 0 unspecified atom stereocenters. The van der Waals surface area contributed by atoms with Crippen LogP contribution in [0.25, 0.3) is 33.4 Å². The van der Waals surface area contributed by atoms with E-state index in [1.807, 2.05) is 0 Å². The third-order valence-electron chi connectivity index (χ3n) is 7.39. The number of hydrogen-bond donors (Lipinski definition) is 0. The Morgan fingerprint density at radius 1 is 0.556 bits per heavy atom. The lowest BCUT2D eigenvalue weighted by molar-refractivity contribution is -0.185. The number of ether oxygens (including phenoxy) is 1. The summed E-state index contributed by atoms with van der Waals surface area (Å²) in [5.74, 6) is -8.46. The van der Waals surface area contributed by atoms with Crippen molar-refractivity contribution >= 4 is 0 Å². The first-order chi connectivity index (χ1) is 21.5. The van der Waals surface area contributed by atoms with Gasteiger partial charge >= 0.3 is 6.11 Å². The Balaban J connectivity index is 1.32. The Hall–Kier alpha value is -4.66. The molecular formula is C36H26F8O.